The number of aromatic nitrogens is 2. The average molecular weight is 257 g/mol. The first-order valence-electron chi connectivity index (χ1n) is 6.71. The average Bonchev–Trinajstić information content (AvgIpc) is 3.01. The summed E-state index contributed by atoms with van der Waals surface area (Å²) in [5, 5.41) is 4.17. The van der Waals surface area contributed by atoms with Crippen LogP contribution in [0, 0.1) is 0 Å². The largest absolute Gasteiger partial charge is 0.488 e. The Morgan fingerprint density at radius 1 is 1.42 bits per heavy atom. The van der Waals surface area contributed by atoms with Crippen molar-refractivity contribution in [1.82, 2.24) is 9.78 Å². The van der Waals surface area contributed by atoms with E-state index in [0.29, 0.717) is 0 Å². The number of benzene rings is 1. The molecular weight excluding hydrogens is 238 g/mol. The normalized spacial score (nSPS) is 18.9. The Bertz CT molecular complexity index is 539. The van der Waals surface area contributed by atoms with E-state index in [9.17, 15) is 0 Å². The topological polar surface area (TPSA) is 53.1 Å². The van der Waals surface area contributed by atoms with E-state index < -0.39 is 0 Å². The predicted molar refractivity (Wildman–Crippen MR) is 74.1 cm³/mol. The van der Waals surface area contributed by atoms with Crippen LogP contribution in [0.3, 0.4) is 0 Å². The van der Waals surface area contributed by atoms with Crippen LogP contribution in [0.5, 0.6) is 5.75 Å². The van der Waals surface area contributed by atoms with Crippen LogP contribution < -0.4 is 10.5 Å². The van der Waals surface area contributed by atoms with Crippen LogP contribution in [0.4, 0.5) is 0 Å². The molecule has 0 amide bonds. The van der Waals surface area contributed by atoms with Gasteiger partial charge in [0.15, 0.2) is 0 Å². The highest BCUT2D eigenvalue weighted by Gasteiger charge is 2.27. The Hall–Kier alpha value is -1.81. The monoisotopic (exact) mass is 257 g/mol. The lowest BCUT2D eigenvalue weighted by Crippen LogP contribution is -2.38. The molecular formula is C15H19N3O. The Morgan fingerprint density at radius 3 is 3.00 bits per heavy atom. The van der Waals surface area contributed by atoms with E-state index in [1.54, 1.807) is 0 Å². The molecule has 1 aliphatic heterocycles. The number of ether oxygens (including phenoxy) is 1. The van der Waals surface area contributed by atoms with Gasteiger partial charge in [0, 0.05) is 31.4 Å². The van der Waals surface area contributed by atoms with Gasteiger partial charge in [-0.2, -0.15) is 5.10 Å². The van der Waals surface area contributed by atoms with Crippen LogP contribution in [0.1, 0.15) is 17.7 Å². The van der Waals surface area contributed by atoms with Crippen LogP contribution >= 0.6 is 0 Å². The molecule has 0 aliphatic carbocycles. The van der Waals surface area contributed by atoms with E-state index in [-0.39, 0.29) is 12.1 Å². The van der Waals surface area contributed by atoms with E-state index in [1.807, 2.05) is 42.2 Å². The van der Waals surface area contributed by atoms with Crippen molar-refractivity contribution in [2.75, 3.05) is 0 Å². The maximum absolute atomic E-state index is 6.27. The molecule has 19 heavy (non-hydrogen) atoms. The van der Waals surface area contributed by atoms with E-state index in [2.05, 4.69) is 11.2 Å². The van der Waals surface area contributed by atoms with Crippen LogP contribution in [0.2, 0.25) is 0 Å². The fourth-order valence-corrected chi connectivity index (χ4v) is 2.59. The molecule has 1 aliphatic rings. The van der Waals surface area contributed by atoms with Gasteiger partial charge >= 0.3 is 0 Å². The third-order valence-corrected chi connectivity index (χ3v) is 3.81. The lowest BCUT2D eigenvalue weighted by atomic mass is 10.0. The van der Waals surface area contributed by atoms with E-state index >= 15 is 0 Å². The van der Waals surface area contributed by atoms with Crippen LogP contribution in [0.25, 0.3) is 0 Å². The van der Waals surface area contributed by atoms with Gasteiger partial charge in [0.2, 0.25) is 0 Å². The summed E-state index contributed by atoms with van der Waals surface area (Å²) in [6.45, 7) is 0. The van der Waals surface area contributed by atoms with Crippen molar-refractivity contribution in [2.45, 2.75) is 31.4 Å². The molecule has 2 atom stereocenters. The molecule has 4 heteroatoms. The molecule has 2 heterocycles. The van der Waals surface area contributed by atoms with Gasteiger partial charge in [0.25, 0.3) is 0 Å². The van der Waals surface area contributed by atoms with Crippen LogP contribution in [-0.2, 0) is 19.9 Å². The molecule has 100 valence electrons. The lowest BCUT2D eigenvalue weighted by Gasteiger charge is -2.19. The maximum atomic E-state index is 6.27. The molecule has 4 nitrogen and oxygen atoms in total. The van der Waals surface area contributed by atoms with Gasteiger partial charge in [-0.3, -0.25) is 4.68 Å². The minimum atomic E-state index is 0.0577. The van der Waals surface area contributed by atoms with Gasteiger partial charge in [-0.25, -0.2) is 0 Å². The smallest absolute Gasteiger partial charge is 0.123 e. The lowest BCUT2D eigenvalue weighted by molar-refractivity contribution is 0.193. The Labute approximate surface area is 113 Å². The number of hydrogen-bond donors (Lipinski definition) is 1. The number of hydrogen-bond acceptors (Lipinski definition) is 3. The first kappa shape index (κ1) is 12.2. The summed E-state index contributed by atoms with van der Waals surface area (Å²) in [6.07, 6.45) is 4.70. The van der Waals surface area contributed by atoms with Crippen molar-refractivity contribution >= 4 is 0 Å². The number of rotatable bonds is 4. The fraction of sp³-hybridized carbons (Fsp3) is 0.400. The molecule has 0 spiro atoms. The molecule has 0 bridgehead atoms. The van der Waals surface area contributed by atoms with Gasteiger partial charge in [-0.1, -0.05) is 18.2 Å². The van der Waals surface area contributed by atoms with Crippen molar-refractivity contribution in [1.29, 1.82) is 0 Å². The molecule has 3 rings (SSSR count). The highest BCUT2D eigenvalue weighted by molar-refractivity contribution is 5.37. The number of para-hydroxylation sites is 1. The fourth-order valence-electron chi connectivity index (χ4n) is 2.59. The molecule has 2 unspecified atom stereocenters. The summed E-state index contributed by atoms with van der Waals surface area (Å²) in [5.74, 6) is 0.989. The van der Waals surface area contributed by atoms with Gasteiger partial charge in [0.1, 0.15) is 11.9 Å². The molecule has 1 aromatic carbocycles. The van der Waals surface area contributed by atoms with Crippen LogP contribution in [-0.4, -0.2) is 21.9 Å². The second-order valence-electron chi connectivity index (χ2n) is 5.12. The van der Waals surface area contributed by atoms with Gasteiger partial charge < -0.3 is 10.5 Å². The van der Waals surface area contributed by atoms with Crippen molar-refractivity contribution in [3.8, 4) is 5.75 Å². The van der Waals surface area contributed by atoms with Gasteiger partial charge in [0.05, 0.1) is 0 Å². The SMILES string of the molecule is Cn1nccc1CCC(N)C1Cc2ccccc2O1. The summed E-state index contributed by atoms with van der Waals surface area (Å²) >= 11 is 0. The molecule has 2 N–H and O–H groups in total. The first-order chi connectivity index (χ1) is 9.24. The third-order valence-electron chi connectivity index (χ3n) is 3.81. The summed E-state index contributed by atoms with van der Waals surface area (Å²) in [4.78, 5) is 0. The number of aryl methyl sites for hydroxylation is 2. The Balaban J connectivity index is 1.58. The number of nitrogens with zero attached hydrogens (tertiary/aromatic N) is 2. The Morgan fingerprint density at radius 2 is 2.26 bits per heavy atom. The van der Waals surface area contributed by atoms with Crippen molar-refractivity contribution < 1.29 is 4.74 Å². The summed E-state index contributed by atoms with van der Waals surface area (Å²) < 4.78 is 7.82. The molecule has 1 aromatic heterocycles. The highest BCUT2D eigenvalue weighted by Crippen LogP contribution is 2.29. The van der Waals surface area contributed by atoms with E-state index in [1.165, 1.54) is 11.3 Å². The zero-order valence-electron chi connectivity index (χ0n) is 11.1. The zero-order valence-corrected chi connectivity index (χ0v) is 11.1. The molecule has 0 saturated heterocycles. The maximum Gasteiger partial charge on any atom is 0.123 e. The third kappa shape index (κ3) is 2.49. The second kappa shape index (κ2) is 5.05. The molecule has 0 fully saturated rings. The Kier molecular flexibility index (Phi) is 3.25. The van der Waals surface area contributed by atoms with Crippen LogP contribution in [0.15, 0.2) is 36.5 Å². The first-order valence-corrected chi connectivity index (χ1v) is 6.71. The predicted octanol–water partition coefficient (Wildman–Crippen LogP) is 1.68. The van der Waals surface area contributed by atoms with Gasteiger partial charge in [-0.05, 0) is 30.5 Å². The minimum Gasteiger partial charge on any atom is -0.488 e. The highest BCUT2D eigenvalue weighted by atomic mass is 16.5. The van der Waals surface area contributed by atoms with Crippen molar-refractivity contribution in [2.24, 2.45) is 12.8 Å². The second-order valence-corrected chi connectivity index (χ2v) is 5.12. The van der Waals surface area contributed by atoms with E-state index in [4.69, 9.17) is 10.5 Å². The summed E-state index contributed by atoms with van der Waals surface area (Å²) in [6, 6.07) is 10.3. The minimum absolute atomic E-state index is 0.0577. The molecule has 2 aromatic rings. The number of fused-ring (bicyclic) bond motifs is 1. The quantitative estimate of drug-likeness (QED) is 0.906. The molecule has 0 radical (unpaired) electrons. The zero-order chi connectivity index (χ0) is 13.2. The number of nitrogens with two attached hydrogens (primary N) is 1. The summed E-state index contributed by atoms with van der Waals surface area (Å²) in [5.41, 5.74) is 8.75. The van der Waals surface area contributed by atoms with Crippen molar-refractivity contribution in [3.63, 3.8) is 0 Å². The van der Waals surface area contributed by atoms with Crippen molar-refractivity contribution in [3.05, 3.63) is 47.8 Å². The summed E-state index contributed by atoms with van der Waals surface area (Å²) in [7, 11) is 1.96. The molecule has 0 saturated carbocycles. The van der Waals surface area contributed by atoms with Gasteiger partial charge in [-0.15, -0.1) is 0 Å². The van der Waals surface area contributed by atoms with E-state index in [0.717, 1.165) is 25.0 Å². The standard InChI is InChI=1S/C15H19N3O/c1-18-12(8-9-17-18)6-7-13(16)15-10-11-4-2-3-5-14(11)19-15/h2-5,8-9,13,15H,6-7,10,16H2,1H3.